The van der Waals surface area contributed by atoms with E-state index in [2.05, 4.69) is 37.7 Å². The summed E-state index contributed by atoms with van der Waals surface area (Å²) >= 11 is 1.28. The largest absolute Gasteiger partial charge is 0.316 e. The third kappa shape index (κ3) is 2.66. The van der Waals surface area contributed by atoms with E-state index >= 15 is 0 Å². The topological polar surface area (TPSA) is 58.2 Å². The Morgan fingerprint density at radius 3 is 2.35 bits per heavy atom. The molecule has 2 N–H and O–H groups in total. The maximum Gasteiger partial charge on any atom is 0.250 e. The number of hydrogen-bond donors (Lipinski definition) is 2. The van der Waals surface area contributed by atoms with Gasteiger partial charge in [-0.2, -0.15) is 0 Å². The molecule has 0 saturated heterocycles. The molecular weight excluding hydrogens is 292 g/mol. The molecule has 1 aliphatic rings. The van der Waals surface area contributed by atoms with E-state index in [9.17, 15) is 8.42 Å². The number of rotatable bonds is 6. The van der Waals surface area contributed by atoms with Gasteiger partial charge in [0, 0.05) is 13.1 Å². The van der Waals surface area contributed by atoms with Crippen LogP contribution in [0, 0.1) is 16.7 Å². The molecule has 1 saturated carbocycles. The van der Waals surface area contributed by atoms with Crippen LogP contribution in [0.5, 0.6) is 0 Å². The predicted molar refractivity (Wildman–Crippen MR) is 83.3 cm³/mol. The first kappa shape index (κ1) is 15.9. The fourth-order valence-corrected chi connectivity index (χ4v) is 5.20. The van der Waals surface area contributed by atoms with Gasteiger partial charge in [-0.15, -0.1) is 11.3 Å². The van der Waals surface area contributed by atoms with Crippen molar-refractivity contribution in [1.82, 2.24) is 10.0 Å². The minimum absolute atomic E-state index is 0.197. The summed E-state index contributed by atoms with van der Waals surface area (Å²) in [5, 5.41) is 4.91. The van der Waals surface area contributed by atoms with Gasteiger partial charge in [0.1, 0.15) is 4.21 Å². The molecule has 114 valence electrons. The zero-order chi connectivity index (χ0) is 15.2. The Kier molecular flexibility index (Phi) is 4.06. The van der Waals surface area contributed by atoms with Crippen molar-refractivity contribution >= 4 is 21.4 Å². The van der Waals surface area contributed by atoms with E-state index in [0.29, 0.717) is 23.2 Å². The van der Waals surface area contributed by atoms with Gasteiger partial charge in [0.15, 0.2) is 0 Å². The van der Waals surface area contributed by atoms with E-state index in [-0.39, 0.29) is 10.8 Å². The van der Waals surface area contributed by atoms with E-state index in [1.54, 1.807) is 6.07 Å². The molecule has 4 nitrogen and oxygen atoms in total. The van der Waals surface area contributed by atoms with Crippen LogP contribution in [0.3, 0.4) is 0 Å². The first-order valence-corrected chi connectivity index (χ1v) is 9.21. The van der Waals surface area contributed by atoms with E-state index in [1.807, 2.05) is 12.4 Å². The monoisotopic (exact) mass is 316 g/mol. The molecule has 0 aliphatic heterocycles. The average molecular weight is 316 g/mol. The van der Waals surface area contributed by atoms with Crippen LogP contribution in [-0.4, -0.2) is 22.0 Å². The first-order valence-electron chi connectivity index (χ1n) is 6.84. The lowest BCUT2D eigenvalue weighted by Gasteiger charge is -2.05. The molecule has 0 spiro atoms. The predicted octanol–water partition coefficient (Wildman–Crippen LogP) is 2.43. The lowest BCUT2D eigenvalue weighted by atomic mass is 10.0. The molecule has 1 aromatic rings. The summed E-state index contributed by atoms with van der Waals surface area (Å²) < 4.78 is 27.7. The second kappa shape index (κ2) is 5.09. The zero-order valence-corrected chi connectivity index (χ0v) is 14.4. The van der Waals surface area contributed by atoms with E-state index in [0.717, 1.165) is 5.56 Å². The molecule has 0 bridgehead atoms. The highest BCUT2D eigenvalue weighted by molar-refractivity contribution is 7.91. The zero-order valence-electron chi connectivity index (χ0n) is 12.8. The highest BCUT2D eigenvalue weighted by Gasteiger charge is 2.64. The van der Waals surface area contributed by atoms with Gasteiger partial charge in [0.2, 0.25) is 10.0 Å². The average Bonchev–Trinajstić information content (AvgIpc) is 2.72. The summed E-state index contributed by atoms with van der Waals surface area (Å²) in [7, 11) is -1.52. The quantitative estimate of drug-likeness (QED) is 0.847. The van der Waals surface area contributed by atoms with Crippen molar-refractivity contribution in [1.29, 1.82) is 0 Å². The summed E-state index contributed by atoms with van der Waals surface area (Å²) in [5.41, 5.74) is 1.40. The summed E-state index contributed by atoms with van der Waals surface area (Å²) in [4.78, 5) is 0. The second-order valence-electron chi connectivity index (χ2n) is 6.65. The van der Waals surface area contributed by atoms with Crippen LogP contribution in [0.4, 0.5) is 0 Å². The Bertz CT molecular complexity index is 574. The molecular formula is C14H24N2O2S2. The van der Waals surface area contributed by atoms with Gasteiger partial charge in [0.25, 0.3) is 0 Å². The highest BCUT2D eigenvalue weighted by Crippen LogP contribution is 2.67. The minimum Gasteiger partial charge on any atom is -0.316 e. The highest BCUT2D eigenvalue weighted by atomic mass is 32.2. The molecule has 1 heterocycles. The van der Waals surface area contributed by atoms with Crippen molar-refractivity contribution in [2.24, 2.45) is 16.7 Å². The Balaban J connectivity index is 2.01. The molecule has 6 heteroatoms. The van der Waals surface area contributed by atoms with Gasteiger partial charge in [-0.05, 0) is 40.8 Å². The number of nitrogens with one attached hydrogen (secondary N) is 2. The smallest absolute Gasteiger partial charge is 0.250 e. The summed E-state index contributed by atoms with van der Waals surface area (Å²) in [6.45, 7) is 9.99. The molecule has 0 aromatic carbocycles. The second-order valence-corrected chi connectivity index (χ2v) is 9.56. The van der Waals surface area contributed by atoms with Crippen molar-refractivity contribution in [2.45, 2.75) is 38.4 Å². The van der Waals surface area contributed by atoms with E-state index < -0.39 is 10.0 Å². The van der Waals surface area contributed by atoms with Crippen LogP contribution in [0.25, 0.3) is 0 Å². The Morgan fingerprint density at radius 1 is 1.25 bits per heavy atom. The van der Waals surface area contributed by atoms with Gasteiger partial charge < -0.3 is 5.32 Å². The molecule has 1 fully saturated rings. The Labute approximate surface area is 126 Å². The first-order chi connectivity index (χ1) is 9.13. The van der Waals surface area contributed by atoms with Gasteiger partial charge in [-0.1, -0.05) is 27.7 Å². The standard InChI is InChI=1S/C14H24N2O2S2/c1-13(2)11(14(13,3)4)8-16-20(17,18)12-6-10(7-15-5)9-19-12/h6,9,11,15-16H,7-8H2,1-5H3. The van der Waals surface area contributed by atoms with Crippen LogP contribution in [0.15, 0.2) is 15.7 Å². The summed E-state index contributed by atoms with van der Waals surface area (Å²) in [6, 6.07) is 1.74. The summed E-state index contributed by atoms with van der Waals surface area (Å²) in [6.07, 6.45) is 0. The number of thiophene rings is 1. The maximum atomic E-state index is 12.3. The van der Waals surface area contributed by atoms with Gasteiger partial charge in [-0.3, -0.25) is 0 Å². The van der Waals surface area contributed by atoms with Crippen LogP contribution < -0.4 is 10.0 Å². The SMILES string of the molecule is CNCc1csc(S(=O)(=O)NCC2C(C)(C)C2(C)C)c1. The lowest BCUT2D eigenvalue weighted by molar-refractivity contribution is 0.457. The summed E-state index contributed by atoms with van der Waals surface area (Å²) in [5.74, 6) is 0.390. The molecule has 0 atom stereocenters. The Hall–Kier alpha value is -0.430. The van der Waals surface area contributed by atoms with Crippen molar-refractivity contribution in [3.05, 3.63) is 17.0 Å². The Morgan fingerprint density at radius 2 is 1.85 bits per heavy atom. The van der Waals surface area contributed by atoms with Crippen molar-refractivity contribution in [3.8, 4) is 0 Å². The molecule has 0 unspecified atom stereocenters. The van der Waals surface area contributed by atoms with Crippen LogP contribution in [-0.2, 0) is 16.6 Å². The van der Waals surface area contributed by atoms with Gasteiger partial charge in [-0.25, -0.2) is 13.1 Å². The normalized spacial score (nSPS) is 21.1. The third-order valence-electron chi connectivity index (χ3n) is 5.07. The fourth-order valence-electron chi connectivity index (χ4n) is 2.90. The number of sulfonamides is 1. The molecule has 2 rings (SSSR count). The van der Waals surface area contributed by atoms with Crippen LogP contribution in [0.2, 0.25) is 0 Å². The van der Waals surface area contributed by atoms with Crippen LogP contribution >= 0.6 is 11.3 Å². The van der Waals surface area contributed by atoms with Crippen molar-refractivity contribution < 1.29 is 8.42 Å². The molecule has 1 aromatic heterocycles. The molecule has 20 heavy (non-hydrogen) atoms. The van der Waals surface area contributed by atoms with Crippen LogP contribution in [0.1, 0.15) is 33.3 Å². The molecule has 0 amide bonds. The molecule has 0 radical (unpaired) electrons. The van der Waals surface area contributed by atoms with Gasteiger partial charge >= 0.3 is 0 Å². The van der Waals surface area contributed by atoms with Crippen molar-refractivity contribution in [3.63, 3.8) is 0 Å². The lowest BCUT2D eigenvalue weighted by Crippen LogP contribution is -2.26. The third-order valence-corrected chi connectivity index (χ3v) is 7.98. The van der Waals surface area contributed by atoms with Gasteiger partial charge in [0.05, 0.1) is 0 Å². The molecule has 1 aliphatic carbocycles. The van der Waals surface area contributed by atoms with E-state index in [1.165, 1.54) is 11.3 Å². The maximum absolute atomic E-state index is 12.3. The number of hydrogen-bond acceptors (Lipinski definition) is 4. The van der Waals surface area contributed by atoms with E-state index in [4.69, 9.17) is 0 Å². The van der Waals surface area contributed by atoms with Crippen molar-refractivity contribution in [2.75, 3.05) is 13.6 Å². The minimum atomic E-state index is -3.37. The fraction of sp³-hybridized carbons (Fsp3) is 0.714.